The Morgan fingerprint density at radius 3 is 2.74 bits per heavy atom. The van der Waals surface area contributed by atoms with Crippen molar-refractivity contribution in [2.45, 2.75) is 0 Å². The molecule has 2 aromatic rings. The van der Waals surface area contributed by atoms with Gasteiger partial charge in [-0.25, -0.2) is 0 Å². The van der Waals surface area contributed by atoms with Gasteiger partial charge in [-0.1, -0.05) is 29.8 Å². The number of nitrogens with two attached hydrogens (primary N) is 1. The normalized spacial score (nSPS) is 10.6. The van der Waals surface area contributed by atoms with Crippen molar-refractivity contribution < 1.29 is 0 Å². The molecule has 4 nitrogen and oxygen atoms in total. The third kappa shape index (κ3) is 3.74. The Balaban J connectivity index is 2.33. The maximum atomic E-state index is 5.88. The number of hydrazone groups is 1. The van der Waals surface area contributed by atoms with E-state index in [2.05, 4.69) is 27.7 Å². The van der Waals surface area contributed by atoms with Crippen molar-refractivity contribution >= 4 is 35.1 Å². The van der Waals surface area contributed by atoms with Crippen LogP contribution in [0.15, 0.2) is 47.7 Å². The van der Waals surface area contributed by atoms with Gasteiger partial charge >= 0.3 is 0 Å². The van der Waals surface area contributed by atoms with Crippen LogP contribution in [0.1, 0.15) is 5.69 Å². The number of pyridine rings is 1. The molecule has 0 radical (unpaired) electrons. The summed E-state index contributed by atoms with van der Waals surface area (Å²) in [7, 11) is 0. The van der Waals surface area contributed by atoms with Crippen molar-refractivity contribution in [3.63, 3.8) is 0 Å². The average Bonchev–Trinajstić information content (AvgIpc) is 2.40. The molecule has 96 valence electrons. The molecule has 0 spiro atoms. The molecule has 1 heterocycles. The van der Waals surface area contributed by atoms with E-state index in [4.69, 9.17) is 17.3 Å². The highest BCUT2D eigenvalue weighted by Crippen LogP contribution is 2.22. The summed E-state index contributed by atoms with van der Waals surface area (Å²) in [6.07, 6.45) is 3.27. The molecule has 0 atom stereocenters. The van der Waals surface area contributed by atoms with Crippen LogP contribution in [0.4, 0.5) is 0 Å². The van der Waals surface area contributed by atoms with Crippen LogP contribution in [0.25, 0.3) is 11.1 Å². The van der Waals surface area contributed by atoms with Crippen molar-refractivity contribution in [2.24, 2.45) is 10.8 Å². The number of aromatic nitrogens is 1. The first-order valence-corrected chi connectivity index (χ1v) is 6.25. The third-order valence-corrected chi connectivity index (χ3v) is 2.70. The van der Waals surface area contributed by atoms with Crippen molar-refractivity contribution in [1.29, 1.82) is 0 Å². The van der Waals surface area contributed by atoms with E-state index in [9.17, 15) is 0 Å². The molecule has 0 aliphatic rings. The van der Waals surface area contributed by atoms with E-state index in [0.29, 0.717) is 10.7 Å². The van der Waals surface area contributed by atoms with Crippen LogP contribution < -0.4 is 11.2 Å². The molecule has 19 heavy (non-hydrogen) atoms. The molecule has 0 unspecified atom stereocenters. The molecule has 6 heteroatoms. The lowest BCUT2D eigenvalue weighted by Crippen LogP contribution is -2.24. The second-order valence-electron chi connectivity index (χ2n) is 3.68. The van der Waals surface area contributed by atoms with Gasteiger partial charge in [0, 0.05) is 16.8 Å². The summed E-state index contributed by atoms with van der Waals surface area (Å²) in [5.41, 5.74) is 10.5. The zero-order valence-electron chi connectivity index (χ0n) is 9.88. The minimum Gasteiger partial charge on any atom is -0.375 e. The molecule has 0 fully saturated rings. The maximum absolute atomic E-state index is 5.88. The Labute approximate surface area is 121 Å². The Morgan fingerprint density at radius 1 is 1.32 bits per heavy atom. The highest BCUT2D eigenvalue weighted by Gasteiger charge is 2.03. The van der Waals surface area contributed by atoms with Crippen LogP contribution in [0, 0.1) is 0 Å². The molecule has 3 N–H and O–H groups in total. The van der Waals surface area contributed by atoms with Crippen molar-refractivity contribution in [2.75, 3.05) is 0 Å². The highest BCUT2D eigenvalue weighted by atomic mass is 35.5. The minimum absolute atomic E-state index is 0.111. The van der Waals surface area contributed by atoms with E-state index in [0.717, 1.165) is 11.1 Å². The van der Waals surface area contributed by atoms with Gasteiger partial charge in [0.1, 0.15) is 0 Å². The number of halogens is 1. The van der Waals surface area contributed by atoms with Crippen LogP contribution in [-0.2, 0) is 0 Å². The summed E-state index contributed by atoms with van der Waals surface area (Å²) in [5, 5.41) is 4.72. The minimum atomic E-state index is 0.111. The number of hydrogen-bond donors (Lipinski definition) is 2. The van der Waals surface area contributed by atoms with Crippen molar-refractivity contribution in [3.8, 4) is 11.1 Å². The van der Waals surface area contributed by atoms with Crippen LogP contribution in [0.3, 0.4) is 0 Å². The van der Waals surface area contributed by atoms with Gasteiger partial charge in [0.2, 0.25) is 0 Å². The summed E-state index contributed by atoms with van der Waals surface area (Å²) in [5.74, 6) is 0. The number of nitrogens with zero attached hydrogens (tertiary/aromatic N) is 2. The first kappa shape index (κ1) is 13.5. The average molecular weight is 291 g/mol. The smallest absolute Gasteiger partial charge is 0.184 e. The Hall–Kier alpha value is -1.98. The van der Waals surface area contributed by atoms with E-state index < -0.39 is 0 Å². The van der Waals surface area contributed by atoms with E-state index >= 15 is 0 Å². The molecule has 0 bridgehead atoms. The van der Waals surface area contributed by atoms with E-state index in [1.165, 1.54) is 0 Å². The summed E-state index contributed by atoms with van der Waals surface area (Å²) in [6, 6.07) is 11.3. The van der Waals surface area contributed by atoms with Crippen LogP contribution in [0.2, 0.25) is 5.02 Å². The molecular weight excluding hydrogens is 280 g/mol. The fourth-order valence-corrected chi connectivity index (χ4v) is 1.73. The molecule has 0 amide bonds. The summed E-state index contributed by atoms with van der Waals surface area (Å²) in [4.78, 5) is 4.27. The van der Waals surface area contributed by atoms with Gasteiger partial charge in [0.15, 0.2) is 5.11 Å². The molecular formula is C13H11ClN4S. The van der Waals surface area contributed by atoms with Gasteiger partial charge in [-0.05, 0) is 36.0 Å². The molecule has 0 aliphatic heterocycles. The first-order valence-electron chi connectivity index (χ1n) is 5.46. The zero-order valence-corrected chi connectivity index (χ0v) is 11.4. The molecule has 1 aromatic carbocycles. The number of benzene rings is 1. The Morgan fingerprint density at radius 2 is 2.05 bits per heavy atom. The highest BCUT2D eigenvalue weighted by molar-refractivity contribution is 7.80. The van der Waals surface area contributed by atoms with E-state index in [-0.39, 0.29) is 5.11 Å². The van der Waals surface area contributed by atoms with Crippen molar-refractivity contribution in [1.82, 2.24) is 10.4 Å². The SMILES string of the molecule is NC(=S)NN=Cc1ncccc1-c1ccc(Cl)cc1. The third-order valence-electron chi connectivity index (χ3n) is 2.36. The lowest BCUT2D eigenvalue weighted by molar-refractivity contribution is 1.04. The van der Waals surface area contributed by atoms with Crippen molar-refractivity contribution in [3.05, 3.63) is 53.3 Å². The van der Waals surface area contributed by atoms with Crippen LogP contribution in [-0.4, -0.2) is 16.3 Å². The second-order valence-corrected chi connectivity index (χ2v) is 4.55. The molecule has 2 rings (SSSR count). The summed E-state index contributed by atoms with van der Waals surface area (Å²) < 4.78 is 0. The standard InChI is InChI=1S/C13H11ClN4S/c14-10-5-3-9(4-6-10)11-2-1-7-16-12(11)8-17-18-13(15)19/h1-8H,(H3,15,18,19). The Kier molecular flexibility index (Phi) is 4.43. The Bertz CT molecular complexity index is 610. The van der Waals surface area contributed by atoms with Crippen LogP contribution >= 0.6 is 23.8 Å². The number of hydrogen-bond acceptors (Lipinski definition) is 3. The lowest BCUT2D eigenvalue weighted by atomic mass is 10.0. The molecule has 1 aromatic heterocycles. The molecule has 0 saturated carbocycles. The van der Waals surface area contributed by atoms with Gasteiger partial charge in [0.25, 0.3) is 0 Å². The topological polar surface area (TPSA) is 63.3 Å². The summed E-state index contributed by atoms with van der Waals surface area (Å²) >= 11 is 10.5. The molecule has 0 aliphatic carbocycles. The second kappa shape index (κ2) is 6.26. The fraction of sp³-hybridized carbons (Fsp3) is 0. The van der Waals surface area contributed by atoms with E-state index in [1.807, 2.05) is 36.4 Å². The van der Waals surface area contributed by atoms with Gasteiger partial charge in [0.05, 0.1) is 11.9 Å². The lowest BCUT2D eigenvalue weighted by Gasteiger charge is -2.05. The van der Waals surface area contributed by atoms with Crippen LogP contribution in [0.5, 0.6) is 0 Å². The van der Waals surface area contributed by atoms with Gasteiger partial charge in [-0.15, -0.1) is 0 Å². The van der Waals surface area contributed by atoms with Gasteiger partial charge in [-0.2, -0.15) is 5.10 Å². The van der Waals surface area contributed by atoms with E-state index in [1.54, 1.807) is 12.4 Å². The van der Waals surface area contributed by atoms with Gasteiger partial charge in [-0.3, -0.25) is 10.4 Å². The predicted molar refractivity (Wildman–Crippen MR) is 82.2 cm³/mol. The number of rotatable bonds is 3. The van der Waals surface area contributed by atoms with Gasteiger partial charge < -0.3 is 5.73 Å². The zero-order chi connectivity index (χ0) is 13.7. The maximum Gasteiger partial charge on any atom is 0.184 e. The summed E-state index contributed by atoms with van der Waals surface area (Å²) in [6.45, 7) is 0. The monoisotopic (exact) mass is 290 g/mol. The quantitative estimate of drug-likeness (QED) is 0.518. The largest absolute Gasteiger partial charge is 0.375 e. The number of nitrogens with one attached hydrogen (secondary N) is 1. The first-order chi connectivity index (χ1) is 9.16. The fourth-order valence-electron chi connectivity index (χ4n) is 1.55. The molecule has 0 saturated heterocycles. The number of thiocarbonyl (C=S) groups is 1. The predicted octanol–water partition coefficient (Wildman–Crippen LogP) is 2.57.